The summed E-state index contributed by atoms with van der Waals surface area (Å²) in [5.41, 5.74) is 7.33. The first-order chi connectivity index (χ1) is 22.1. The number of carbonyl (C=O) groups excluding carboxylic acids is 1. The highest BCUT2D eigenvalue weighted by molar-refractivity contribution is 7.07. The fourth-order valence-corrected chi connectivity index (χ4v) is 6.80. The van der Waals surface area contributed by atoms with Crippen molar-refractivity contribution in [3.63, 3.8) is 0 Å². The number of esters is 1. The lowest BCUT2D eigenvalue weighted by atomic mass is 9.95. The molecule has 0 bridgehead atoms. The molecule has 0 aliphatic carbocycles. The van der Waals surface area contributed by atoms with Crippen LogP contribution in [-0.4, -0.2) is 21.7 Å². The van der Waals surface area contributed by atoms with Crippen molar-refractivity contribution in [1.82, 2.24) is 9.13 Å². The molecule has 0 fully saturated rings. The molecule has 7 nitrogen and oxygen atoms in total. The number of hydrogen-bond donors (Lipinski definition) is 0. The Morgan fingerprint density at radius 1 is 0.978 bits per heavy atom. The molecule has 0 unspecified atom stereocenters. The van der Waals surface area contributed by atoms with Gasteiger partial charge in [-0.2, -0.15) is 0 Å². The zero-order valence-corrected chi connectivity index (χ0v) is 27.2. The Balaban J connectivity index is 1.34. The quantitative estimate of drug-likeness (QED) is 0.190. The minimum atomic E-state index is -0.644. The van der Waals surface area contributed by atoms with Crippen molar-refractivity contribution in [1.29, 1.82) is 0 Å². The molecule has 0 amide bonds. The molecule has 3 aromatic carbocycles. The zero-order chi connectivity index (χ0) is 32.5. The van der Waals surface area contributed by atoms with Crippen molar-refractivity contribution >= 4 is 23.4 Å². The van der Waals surface area contributed by atoms with Gasteiger partial charge < -0.3 is 14.0 Å². The topological polar surface area (TPSA) is 74.8 Å². The largest absolute Gasteiger partial charge is 0.489 e. The van der Waals surface area contributed by atoms with Crippen molar-refractivity contribution in [3.8, 4) is 11.4 Å². The van der Waals surface area contributed by atoms with E-state index in [-0.39, 0.29) is 18.0 Å². The maximum absolute atomic E-state index is 14.1. The van der Waals surface area contributed by atoms with E-state index >= 15 is 0 Å². The number of thiazole rings is 1. The molecule has 5 aromatic rings. The SMILES string of the molecule is CCOC(=O)C1=C(C)N=c2s/c(=C\c3cc(C)n(-c4ccc(OCc5ccc(F)cc5)cc4)c3C)c(=O)n2[C@H]1c1ccc(C)cc1. The van der Waals surface area contributed by atoms with Gasteiger partial charge in [0.05, 0.1) is 28.5 Å². The highest BCUT2D eigenvalue weighted by Crippen LogP contribution is 2.31. The van der Waals surface area contributed by atoms with Crippen LogP contribution in [0.4, 0.5) is 4.39 Å². The van der Waals surface area contributed by atoms with Gasteiger partial charge in [0.1, 0.15) is 18.2 Å². The molecule has 0 radical (unpaired) electrons. The lowest BCUT2D eigenvalue weighted by molar-refractivity contribution is -0.139. The van der Waals surface area contributed by atoms with E-state index in [4.69, 9.17) is 14.5 Å². The first-order valence-corrected chi connectivity index (χ1v) is 15.9. The summed E-state index contributed by atoms with van der Waals surface area (Å²) in [6.45, 7) is 10.2. The summed E-state index contributed by atoms with van der Waals surface area (Å²) in [7, 11) is 0. The van der Waals surface area contributed by atoms with Crippen molar-refractivity contribution in [3.05, 3.63) is 149 Å². The summed E-state index contributed by atoms with van der Waals surface area (Å²) in [6.07, 6.45) is 1.90. The number of carbonyl (C=O) groups is 1. The molecule has 2 aromatic heterocycles. The van der Waals surface area contributed by atoms with E-state index in [1.54, 1.807) is 30.5 Å². The van der Waals surface area contributed by atoms with Gasteiger partial charge in [-0.1, -0.05) is 53.3 Å². The number of aromatic nitrogens is 2. The van der Waals surface area contributed by atoms with E-state index in [2.05, 4.69) is 10.6 Å². The second-order valence-electron chi connectivity index (χ2n) is 11.3. The Kier molecular flexibility index (Phi) is 8.60. The van der Waals surface area contributed by atoms with Crippen LogP contribution in [0.5, 0.6) is 5.75 Å². The Bertz CT molecular complexity index is 2140. The van der Waals surface area contributed by atoms with Gasteiger partial charge in [0, 0.05) is 17.1 Å². The second kappa shape index (κ2) is 12.8. The van der Waals surface area contributed by atoms with Crippen LogP contribution in [-0.2, 0) is 16.1 Å². The third-order valence-corrected chi connectivity index (χ3v) is 9.06. The number of allylic oxidation sites excluding steroid dienone is 1. The lowest BCUT2D eigenvalue weighted by Gasteiger charge is -2.24. The molecule has 46 heavy (non-hydrogen) atoms. The summed E-state index contributed by atoms with van der Waals surface area (Å²) in [5.74, 6) is -0.0423. The third-order valence-electron chi connectivity index (χ3n) is 8.08. The monoisotopic (exact) mass is 635 g/mol. The number of rotatable bonds is 8. The van der Waals surface area contributed by atoms with E-state index in [0.29, 0.717) is 33.0 Å². The number of aryl methyl sites for hydroxylation is 2. The van der Waals surface area contributed by atoms with E-state index in [0.717, 1.165) is 39.3 Å². The van der Waals surface area contributed by atoms with Crippen LogP contribution in [0.2, 0.25) is 0 Å². The molecular weight excluding hydrogens is 601 g/mol. The van der Waals surface area contributed by atoms with Gasteiger partial charge in [-0.3, -0.25) is 9.36 Å². The number of ether oxygens (including phenoxy) is 2. The lowest BCUT2D eigenvalue weighted by Crippen LogP contribution is -2.39. The van der Waals surface area contributed by atoms with Gasteiger partial charge in [0.2, 0.25) is 0 Å². The van der Waals surface area contributed by atoms with E-state index in [1.165, 1.54) is 23.5 Å². The van der Waals surface area contributed by atoms with Crippen molar-refractivity contribution in [2.45, 2.75) is 47.3 Å². The highest BCUT2D eigenvalue weighted by atomic mass is 32.1. The average Bonchev–Trinajstić information content (AvgIpc) is 3.50. The normalized spacial score (nSPS) is 14.7. The summed E-state index contributed by atoms with van der Waals surface area (Å²) >= 11 is 1.31. The predicted octanol–water partition coefficient (Wildman–Crippen LogP) is 6.23. The first kappa shape index (κ1) is 31.0. The van der Waals surface area contributed by atoms with Crippen molar-refractivity contribution < 1.29 is 18.7 Å². The van der Waals surface area contributed by atoms with Gasteiger partial charge in [0.15, 0.2) is 4.80 Å². The molecule has 3 heterocycles. The molecule has 0 saturated heterocycles. The van der Waals surface area contributed by atoms with E-state index < -0.39 is 12.0 Å². The van der Waals surface area contributed by atoms with Crippen LogP contribution in [0.1, 0.15) is 53.5 Å². The summed E-state index contributed by atoms with van der Waals surface area (Å²) in [5, 5.41) is 0. The Morgan fingerprint density at radius 2 is 1.67 bits per heavy atom. The fraction of sp³-hybridized carbons (Fsp3) is 0.216. The van der Waals surface area contributed by atoms with Crippen LogP contribution in [0.3, 0.4) is 0 Å². The number of fused-ring (bicyclic) bond motifs is 1. The van der Waals surface area contributed by atoms with Crippen LogP contribution in [0.15, 0.2) is 99.9 Å². The Hall–Kier alpha value is -5.02. The molecule has 0 spiro atoms. The van der Waals surface area contributed by atoms with Gasteiger partial charge in [-0.05, 0) is 99.8 Å². The smallest absolute Gasteiger partial charge is 0.338 e. The summed E-state index contributed by atoms with van der Waals surface area (Å²) in [4.78, 5) is 32.4. The molecule has 1 atom stereocenters. The number of benzene rings is 3. The third kappa shape index (κ3) is 5.98. The maximum atomic E-state index is 14.1. The standard InChI is InChI=1S/C37H34FN3O4S/c1-6-44-36(43)33-24(4)39-37-41(34(33)27-11-7-22(2)8-12-27)35(42)32(46-37)20-28-19-23(3)40(25(28)5)30-15-17-31(18-16-30)45-21-26-9-13-29(38)14-10-26/h7-20,34H,6,21H2,1-5H3/b32-20-/t34-/m0/s1. The van der Waals surface area contributed by atoms with Gasteiger partial charge in [0.25, 0.3) is 5.56 Å². The fourth-order valence-electron chi connectivity index (χ4n) is 5.77. The average molecular weight is 636 g/mol. The molecular formula is C37H34FN3O4S. The zero-order valence-electron chi connectivity index (χ0n) is 26.3. The van der Waals surface area contributed by atoms with Crippen LogP contribution < -0.4 is 19.6 Å². The van der Waals surface area contributed by atoms with Gasteiger partial charge in [-0.15, -0.1) is 0 Å². The Morgan fingerprint density at radius 3 is 2.35 bits per heavy atom. The van der Waals surface area contributed by atoms with Crippen LogP contribution in [0.25, 0.3) is 11.8 Å². The van der Waals surface area contributed by atoms with Gasteiger partial charge in [-0.25, -0.2) is 14.2 Å². The molecule has 1 aliphatic rings. The van der Waals surface area contributed by atoms with Crippen LogP contribution in [0, 0.1) is 26.6 Å². The summed E-state index contributed by atoms with van der Waals surface area (Å²) in [6, 6.07) is 23.3. The Labute approximate surface area is 270 Å². The first-order valence-electron chi connectivity index (χ1n) is 15.1. The molecule has 234 valence electrons. The highest BCUT2D eigenvalue weighted by Gasteiger charge is 2.33. The predicted molar refractivity (Wildman–Crippen MR) is 178 cm³/mol. The number of halogens is 1. The van der Waals surface area contributed by atoms with Crippen LogP contribution >= 0.6 is 11.3 Å². The molecule has 0 saturated carbocycles. The minimum Gasteiger partial charge on any atom is -0.489 e. The van der Waals surface area contributed by atoms with E-state index in [9.17, 15) is 14.0 Å². The number of hydrogen-bond acceptors (Lipinski definition) is 6. The molecule has 9 heteroatoms. The maximum Gasteiger partial charge on any atom is 0.338 e. The van der Waals surface area contributed by atoms with Gasteiger partial charge >= 0.3 is 5.97 Å². The minimum absolute atomic E-state index is 0.212. The summed E-state index contributed by atoms with van der Waals surface area (Å²) < 4.78 is 28.8. The second-order valence-corrected chi connectivity index (χ2v) is 12.3. The number of nitrogens with zero attached hydrogens (tertiary/aromatic N) is 3. The van der Waals surface area contributed by atoms with Crippen molar-refractivity contribution in [2.75, 3.05) is 6.61 Å². The van der Waals surface area contributed by atoms with E-state index in [1.807, 2.05) is 75.4 Å². The molecule has 6 rings (SSSR count). The molecule has 0 N–H and O–H groups in total. The molecule has 1 aliphatic heterocycles. The van der Waals surface area contributed by atoms with Crippen molar-refractivity contribution in [2.24, 2.45) is 4.99 Å².